The quantitative estimate of drug-likeness (QED) is 0.679. The largest absolute Gasteiger partial charge is 0.495 e. The summed E-state index contributed by atoms with van der Waals surface area (Å²) >= 11 is 0. The van der Waals surface area contributed by atoms with Crippen molar-refractivity contribution in [2.75, 3.05) is 37.4 Å². The topological polar surface area (TPSA) is 68.0 Å². The van der Waals surface area contributed by atoms with Crippen LogP contribution in [0.4, 0.5) is 11.4 Å². The van der Waals surface area contributed by atoms with Crippen molar-refractivity contribution in [1.82, 2.24) is 5.06 Å². The van der Waals surface area contributed by atoms with Crippen molar-refractivity contribution < 1.29 is 14.4 Å². The third-order valence-electron chi connectivity index (χ3n) is 3.24. The first-order chi connectivity index (χ1) is 10.3. The molecule has 1 aliphatic heterocycles. The maximum absolute atomic E-state index is 11.4. The average Bonchev–Trinajstić information content (AvgIpc) is 2.45. The predicted molar refractivity (Wildman–Crippen MR) is 86.4 cm³/mol. The molecule has 6 nitrogen and oxygen atoms in total. The van der Waals surface area contributed by atoms with Crippen molar-refractivity contribution in [3.05, 3.63) is 23.9 Å². The summed E-state index contributed by atoms with van der Waals surface area (Å²) < 4.78 is 5.37. The lowest BCUT2D eigenvalue weighted by Gasteiger charge is -2.38. The maximum atomic E-state index is 11.4. The van der Waals surface area contributed by atoms with Gasteiger partial charge in [0, 0.05) is 18.8 Å². The Kier molecular flexibility index (Phi) is 4.76. The van der Waals surface area contributed by atoms with Gasteiger partial charge in [0.25, 0.3) is 0 Å². The zero-order valence-electron chi connectivity index (χ0n) is 13.5. The van der Waals surface area contributed by atoms with Gasteiger partial charge in [-0.1, -0.05) is 0 Å². The summed E-state index contributed by atoms with van der Waals surface area (Å²) in [6.07, 6.45) is 0. The number of methoxy groups -OCH3 is 1. The van der Waals surface area contributed by atoms with Gasteiger partial charge in [0.1, 0.15) is 17.4 Å². The summed E-state index contributed by atoms with van der Waals surface area (Å²) in [7, 11) is 1.60. The van der Waals surface area contributed by atoms with Crippen LogP contribution in [0.2, 0.25) is 0 Å². The molecule has 1 aliphatic rings. The molecule has 1 fully saturated rings. The average molecular weight is 305 g/mol. The molecule has 0 aromatic heterocycles. The summed E-state index contributed by atoms with van der Waals surface area (Å²) in [5.74, 6) is 2.69. The van der Waals surface area contributed by atoms with Crippen molar-refractivity contribution in [2.24, 2.45) is 0 Å². The number of nitrogens with zero attached hydrogens (tertiary/aromatic N) is 2. The molecule has 1 saturated heterocycles. The van der Waals surface area contributed by atoms with E-state index >= 15 is 0 Å². The van der Waals surface area contributed by atoms with E-state index in [4.69, 9.17) is 15.3 Å². The summed E-state index contributed by atoms with van der Waals surface area (Å²) in [6, 6.07) is 5.37. The molecule has 0 saturated carbocycles. The lowest BCUT2D eigenvalue weighted by molar-refractivity contribution is -0.225. The van der Waals surface area contributed by atoms with Crippen molar-refractivity contribution in [1.29, 1.82) is 0 Å². The number of benzene rings is 1. The number of hydrogen-bond donors (Lipinski definition) is 1. The molecule has 0 spiro atoms. The number of rotatable bonds is 3. The van der Waals surface area contributed by atoms with Crippen LogP contribution >= 0.6 is 0 Å². The normalized spacial score (nSPS) is 16.5. The Morgan fingerprint density at radius 2 is 2.00 bits per heavy atom. The Morgan fingerprint density at radius 1 is 1.27 bits per heavy atom. The zero-order chi connectivity index (χ0) is 16.3. The van der Waals surface area contributed by atoms with Gasteiger partial charge in [0.2, 0.25) is 0 Å². The Labute approximate surface area is 131 Å². The molecule has 0 radical (unpaired) electrons. The van der Waals surface area contributed by atoms with Crippen LogP contribution in [-0.4, -0.2) is 43.3 Å². The third-order valence-corrected chi connectivity index (χ3v) is 3.24. The lowest BCUT2D eigenvalue weighted by Crippen LogP contribution is -2.47. The molecule has 0 aliphatic carbocycles. The first-order valence-corrected chi connectivity index (χ1v) is 7.23. The second-order valence-electron chi connectivity index (χ2n) is 6.20. The van der Waals surface area contributed by atoms with E-state index in [0.717, 1.165) is 5.69 Å². The molecule has 22 heavy (non-hydrogen) atoms. The minimum absolute atomic E-state index is 0.301. The fourth-order valence-corrected chi connectivity index (χ4v) is 2.41. The van der Waals surface area contributed by atoms with Crippen LogP contribution in [0.3, 0.4) is 0 Å². The van der Waals surface area contributed by atoms with E-state index in [2.05, 4.69) is 0 Å². The number of hydrogen-bond acceptors (Lipinski definition) is 6. The van der Waals surface area contributed by atoms with Crippen molar-refractivity contribution in [3.8, 4) is 5.75 Å². The van der Waals surface area contributed by atoms with Gasteiger partial charge >= 0.3 is 0 Å². The van der Waals surface area contributed by atoms with E-state index in [1.54, 1.807) is 30.4 Å². The molecule has 0 amide bonds. The molecule has 0 atom stereocenters. The Balaban J connectivity index is 2.24. The molecule has 1 aromatic carbocycles. The first kappa shape index (κ1) is 16.4. The van der Waals surface area contributed by atoms with Gasteiger partial charge < -0.3 is 15.4 Å². The standard InChI is InChI=1S/C16H23N3O3/c1-16(2,3)22-18-7-8-19(13(10-18)11-20)14-9-12(17)5-6-15(14)21-4/h5-6,9H,7-8,10,17H2,1-4H3. The minimum atomic E-state index is -0.301. The monoisotopic (exact) mass is 305 g/mol. The molecule has 120 valence electrons. The van der Waals surface area contributed by atoms with E-state index in [0.29, 0.717) is 36.8 Å². The van der Waals surface area contributed by atoms with E-state index in [1.807, 2.05) is 31.6 Å². The smallest absolute Gasteiger partial charge is 0.147 e. The number of anilines is 2. The molecule has 6 heteroatoms. The van der Waals surface area contributed by atoms with Gasteiger partial charge in [0.05, 0.1) is 24.9 Å². The molecule has 0 unspecified atom stereocenters. The number of ether oxygens (including phenoxy) is 1. The van der Waals surface area contributed by atoms with Crippen LogP contribution in [0.25, 0.3) is 0 Å². The highest BCUT2D eigenvalue weighted by Gasteiger charge is 2.28. The van der Waals surface area contributed by atoms with Gasteiger partial charge in [-0.2, -0.15) is 5.06 Å². The Morgan fingerprint density at radius 3 is 2.59 bits per heavy atom. The van der Waals surface area contributed by atoms with Crippen molar-refractivity contribution in [2.45, 2.75) is 26.4 Å². The molecule has 0 bridgehead atoms. The van der Waals surface area contributed by atoms with Gasteiger partial charge in [-0.15, -0.1) is 0 Å². The second kappa shape index (κ2) is 6.40. The number of piperazine rings is 1. The predicted octanol–water partition coefficient (Wildman–Crippen LogP) is 1.84. The summed E-state index contributed by atoms with van der Waals surface area (Å²) in [4.78, 5) is 19.1. The summed E-state index contributed by atoms with van der Waals surface area (Å²) in [5, 5.41) is 1.79. The van der Waals surface area contributed by atoms with Gasteiger partial charge in [-0.25, -0.2) is 4.79 Å². The number of nitrogens with two attached hydrogens (primary N) is 1. The molecule has 1 aromatic rings. The van der Waals surface area contributed by atoms with Crippen LogP contribution in [0.1, 0.15) is 20.8 Å². The van der Waals surface area contributed by atoms with Gasteiger partial charge in [0.15, 0.2) is 0 Å². The van der Waals surface area contributed by atoms with Crippen LogP contribution in [0, 0.1) is 0 Å². The first-order valence-electron chi connectivity index (χ1n) is 7.23. The number of nitrogen functional groups attached to an aromatic ring is 1. The zero-order valence-corrected chi connectivity index (χ0v) is 13.5. The van der Waals surface area contributed by atoms with Crippen LogP contribution in [0.15, 0.2) is 23.9 Å². The SMILES string of the molecule is COc1ccc(N)cc1N1CCN(OC(C)(C)C)CC1=C=O. The highest BCUT2D eigenvalue weighted by atomic mass is 16.7. The third kappa shape index (κ3) is 3.80. The van der Waals surface area contributed by atoms with Crippen LogP contribution in [0.5, 0.6) is 5.75 Å². The number of carbonyl (C=O) groups excluding carboxylic acids is 1. The maximum Gasteiger partial charge on any atom is 0.147 e. The Hall–Kier alpha value is -2.01. The second-order valence-corrected chi connectivity index (χ2v) is 6.20. The van der Waals surface area contributed by atoms with E-state index in [-0.39, 0.29) is 5.60 Å². The van der Waals surface area contributed by atoms with Crippen molar-refractivity contribution >= 4 is 17.3 Å². The van der Waals surface area contributed by atoms with Crippen molar-refractivity contribution in [3.63, 3.8) is 0 Å². The van der Waals surface area contributed by atoms with Crippen LogP contribution in [-0.2, 0) is 9.63 Å². The van der Waals surface area contributed by atoms with E-state index in [9.17, 15) is 4.79 Å². The van der Waals surface area contributed by atoms with Crippen LogP contribution < -0.4 is 15.4 Å². The summed E-state index contributed by atoms with van der Waals surface area (Å²) in [5.41, 5.74) is 7.45. The van der Waals surface area contributed by atoms with Gasteiger partial charge in [-0.05, 0) is 39.0 Å². The molecule has 2 N–H and O–H groups in total. The van der Waals surface area contributed by atoms with E-state index < -0.39 is 0 Å². The minimum Gasteiger partial charge on any atom is -0.495 e. The fourth-order valence-electron chi connectivity index (χ4n) is 2.41. The lowest BCUT2D eigenvalue weighted by atomic mass is 10.2. The molecular formula is C16H23N3O3. The molecule has 2 rings (SSSR count). The highest BCUT2D eigenvalue weighted by molar-refractivity contribution is 5.72. The Bertz CT molecular complexity index is 589. The molecule has 1 heterocycles. The molecular weight excluding hydrogens is 282 g/mol. The fraction of sp³-hybridized carbons (Fsp3) is 0.500. The highest BCUT2D eigenvalue weighted by Crippen LogP contribution is 2.33. The number of hydroxylamine groups is 2. The van der Waals surface area contributed by atoms with E-state index in [1.165, 1.54) is 0 Å². The summed E-state index contributed by atoms with van der Waals surface area (Å²) in [6.45, 7) is 7.57. The van der Waals surface area contributed by atoms with Gasteiger partial charge in [-0.3, -0.25) is 4.84 Å².